The Kier molecular flexibility index (Phi) is 7.31. The zero-order valence-electron chi connectivity index (χ0n) is 18.9. The molecule has 4 rings (SSSR count). The number of hydrogen-bond acceptors (Lipinski definition) is 3. The molecule has 0 saturated carbocycles. The van der Waals surface area contributed by atoms with Crippen LogP contribution in [0.4, 0.5) is 18.9 Å². The first-order valence-corrected chi connectivity index (χ1v) is 11.8. The Labute approximate surface area is 205 Å². The number of rotatable bonds is 6. The molecule has 8 heteroatoms. The second-order valence-electron chi connectivity index (χ2n) is 8.17. The van der Waals surface area contributed by atoms with Crippen LogP contribution >= 0.6 is 11.8 Å². The summed E-state index contributed by atoms with van der Waals surface area (Å²) < 4.78 is 38.6. The molecule has 1 heterocycles. The number of nitrogens with zero attached hydrogens (tertiary/aromatic N) is 1. The highest BCUT2D eigenvalue weighted by Gasteiger charge is 2.31. The number of amides is 2. The number of hydrogen-bond donors (Lipinski definition) is 1. The van der Waals surface area contributed by atoms with Crippen LogP contribution in [0.5, 0.6) is 0 Å². The first-order chi connectivity index (χ1) is 16.7. The SMILES string of the molecule is Cc1ccc(CCNC(=O)CN2C(=O)C(=Cc3ccc(C(F)(F)F)cc3)Sc3ccccc32)cc1. The number of nitrogens with one attached hydrogen (secondary N) is 1. The van der Waals surface area contributed by atoms with Gasteiger partial charge in [-0.1, -0.05) is 65.9 Å². The Balaban J connectivity index is 1.48. The number of thioether (sulfide) groups is 1. The summed E-state index contributed by atoms with van der Waals surface area (Å²) in [6, 6.07) is 19.9. The number of benzene rings is 3. The first-order valence-electron chi connectivity index (χ1n) is 11.0. The minimum Gasteiger partial charge on any atom is -0.354 e. The van der Waals surface area contributed by atoms with Gasteiger partial charge in [0.05, 0.1) is 16.2 Å². The molecular formula is C27H23F3N2O2S. The van der Waals surface area contributed by atoms with Gasteiger partial charge in [0.2, 0.25) is 5.91 Å². The molecule has 1 aliphatic rings. The van der Waals surface area contributed by atoms with Crippen LogP contribution in [0.2, 0.25) is 0 Å². The third-order valence-corrected chi connectivity index (χ3v) is 6.60. The molecule has 0 spiro atoms. The van der Waals surface area contributed by atoms with E-state index in [1.54, 1.807) is 18.2 Å². The lowest BCUT2D eigenvalue weighted by atomic mass is 10.1. The van der Waals surface area contributed by atoms with Crippen LogP contribution in [-0.2, 0) is 22.2 Å². The molecule has 35 heavy (non-hydrogen) atoms. The molecule has 0 fully saturated rings. The van der Waals surface area contributed by atoms with Crippen molar-refractivity contribution < 1.29 is 22.8 Å². The summed E-state index contributed by atoms with van der Waals surface area (Å²) in [7, 11) is 0. The average Bonchev–Trinajstić information content (AvgIpc) is 2.83. The standard InChI is InChI=1S/C27H23F3N2O2S/c1-18-6-8-19(9-7-18)14-15-31-25(33)17-32-22-4-2-3-5-23(22)35-24(26(32)34)16-20-10-12-21(13-11-20)27(28,29)30/h2-13,16H,14-15,17H2,1H3,(H,31,33). The van der Waals surface area contributed by atoms with E-state index in [9.17, 15) is 22.8 Å². The number of para-hydroxylation sites is 1. The van der Waals surface area contributed by atoms with E-state index in [1.165, 1.54) is 28.8 Å². The number of aryl methyl sites for hydroxylation is 1. The van der Waals surface area contributed by atoms with Crippen molar-refractivity contribution in [3.8, 4) is 0 Å². The summed E-state index contributed by atoms with van der Waals surface area (Å²) in [5.74, 6) is -0.664. The normalized spacial score (nSPS) is 14.7. The van der Waals surface area contributed by atoms with Crippen LogP contribution in [-0.4, -0.2) is 24.9 Å². The predicted molar refractivity (Wildman–Crippen MR) is 132 cm³/mol. The Morgan fingerprint density at radius 1 is 1.00 bits per heavy atom. The van der Waals surface area contributed by atoms with E-state index >= 15 is 0 Å². The third kappa shape index (κ3) is 6.14. The minimum absolute atomic E-state index is 0.158. The summed E-state index contributed by atoms with van der Waals surface area (Å²) in [4.78, 5) is 28.5. The highest BCUT2D eigenvalue weighted by atomic mass is 32.2. The average molecular weight is 497 g/mol. The Morgan fingerprint density at radius 3 is 2.37 bits per heavy atom. The molecule has 1 N–H and O–H groups in total. The van der Waals surface area contributed by atoms with Crippen molar-refractivity contribution in [1.29, 1.82) is 0 Å². The highest BCUT2D eigenvalue weighted by Crippen LogP contribution is 2.42. The maximum atomic E-state index is 13.3. The fourth-order valence-electron chi connectivity index (χ4n) is 3.64. The summed E-state index contributed by atoms with van der Waals surface area (Å²) in [6.45, 7) is 2.29. The van der Waals surface area contributed by atoms with E-state index in [4.69, 9.17) is 0 Å². The zero-order chi connectivity index (χ0) is 25.0. The topological polar surface area (TPSA) is 49.4 Å². The van der Waals surface area contributed by atoms with Gasteiger partial charge in [-0.15, -0.1) is 0 Å². The molecule has 3 aromatic rings. The number of fused-ring (bicyclic) bond motifs is 1. The fraction of sp³-hybridized carbons (Fsp3) is 0.185. The smallest absolute Gasteiger partial charge is 0.354 e. The summed E-state index contributed by atoms with van der Waals surface area (Å²) in [5.41, 5.74) is 2.61. The van der Waals surface area contributed by atoms with Gasteiger partial charge in [-0.05, 0) is 54.8 Å². The molecule has 0 saturated heterocycles. The lowest BCUT2D eigenvalue weighted by Crippen LogP contribution is -2.43. The predicted octanol–water partition coefficient (Wildman–Crippen LogP) is 5.85. The van der Waals surface area contributed by atoms with Gasteiger partial charge in [0.25, 0.3) is 5.91 Å². The lowest BCUT2D eigenvalue weighted by Gasteiger charge is -2.29. The molecule has 3 aromatic carbocycles. The van der Waals surface area contributed by atoms with Gasteiger partial charge >= 0.3 is 6.18 Å². The number of carbonyl (C=O) groups is 2. The van der Waals surface area contributed by atoms with Crippen LogP contribution in [0.1, 0.15) is 22.3 Å². The van der Waals surface area contributed by atoms with E-state index in [-0.39, 0.29) is 18.4 Å². The van der Waals surface area contributed by atoms with Crippen molar-refractivity contribution in [3.05, 3.63) is 100.0 Å². The van der Waals surface area contributed by atoms with Gasteiger partial charge in [0.1, 0.15) is 6.54 Å². The fourth-order valence-corrected chi connectivity index (χ4v) is 4.70. The third-order valence-electron chi connectivity index (χ3n) is 5.53. The maximum Gasteiger partial charge on any atom is 0.416 e. The number of alkyl halides is 3. The largest absolute Gasteiger partial charge is 0.416 e. The van der Waals surface area contributed by atoms with Crippen LogP contribution in [0.25, 0.3) is 6.08 Å². The van der Waals surface area contributed by atoms with Crippen LogP contribution in [0.15, 0.2) is 82.6 Å². The molecular weight excluding hydrogens is 473 g/mol. The molecule has 0 bridgehead atoms. The van der Waals surface area contributed by atoms with Crippen molar-refractivity contribution in [3.63, 3.8) is 0 Å². The van der Waals surface area contributed by atoms with Gasteiger partial charge in [0.15, 0.2) is 0 Å². The van der Waals surface area contributed by atoms with Crippen molar-refractivity contribution >= 4 is 35.3 Å². The molecule has 4 nitrogen and oxygen atoms in total. The van der Waals surface area contributed by atoms with E-state index in [1.807, 2.05) is 43.3 Å². The number of anilines is 1. The first kappa shape index (κ1) is 24.6. The van der Waals surface area contributed by atoms with Gasteiger partial charge in [-0.25, -0.2) is 0 Å². The second-order valence-corrected chi connectivity index (χ2v) is 9.26. The van der Waals surface area contributed by atoms with Crippen molar-refractivity contribution in [2.75, 3.05) is 18.0 Å². The Morgan fingerprint density at radius 2 is 1.69 bits per heavy atom. The quantitative estimate of drug-likeness (QED) is 0.436. The van der Waals surface area contributed by atoms with E-state index in [0.717, 1.165) is 28.2 Å². The number of carbonyl (C=O) groups excluding carboxylic acids is 2. The van der Waals surface area contributed by atoms with Crippen LogP contribution in [0.3, 0.4) is 0 Å². The summed E-state index contributed by atoms with van der Waals surface area (Å²) >= 11 is 1.23. The van der Waals surface area contributed by atoms with Crippen molar-refractivity contribution in [2.24, 2.45) is 0 Å². The molecule has 2 amide bonds. The Hall–Kier alpha value is -3.52. The van der Waals surface area contributed by atoms with Crippen LogP contribution in [0, 0.1) is 6.92 Å². The highest BCUT2D eigenvalue weighted by molar-refractivity contribution is 8.04. The molecule has 0 aliphatic carbocycles. The summed E-state index contributed by atoms with van der Waals surface area (Å²) in [6.07, 6.45) is -2.21. The minimum atomic E-state index is -4.43. The lowest BCUT2D eigenvalue weighted by molar-refractivity contribution is -0.137. The van der Waals surface area contributed by atoms with Gasteiger partial charge in [-0.3, -0.25) is 14.5 Å². The van der Waals surface area contributed by atoms with Gasteiger partial charge in [-0.2, -0.15) is 13.2 Å². The summed E-state index contributed by atoms with van der Waals surface area (Å²) in [5, 5.41) is 2.86. The molecule has 0 atom stereocenters. The van der Waals surface area contributed by atoms with Crippen LogP contribution < -0.4 is 10.2 Å². The monoisotopic (exact) mass is 496 g/mol. The van der Waals surface area contributed by atoms with E-state index in [0.29, 0.717) is 29.1 Å². The molecule has 1 aliphatic heterocycles. The molecule has 180 valence electrons. The van der Waals surface area contributed by atoms with E-state index in [2.05, 4.69) is 5.32 Å². The molecule has 0 aromatic heterocycles. The zero-order valence-corrected chi connectivity index (χ0v) is 19.7. The van der Waals surface area contributed by atoms with Crippen molar-refractivity contribution in [2.45, 2.75) is 24.4 Å². The molecule has 0 unspecified atom stereocenters. The van der Waals surface area contributed by atoms with E-state index < -0.39 is 11.7 Å². The van der Waals surface area contributed by atoms with Crippen molar-refractivity contribution in [1.82, 2.24) is 5.32 Å². The second kappa shape index (κ2) is 10.4. The van der Waals surface area contributed by atoms with Gasteiger partial charge < -0.3 is 5.32 Å². The molecule has 0 radical (unpaired) electrons. The maximum absolute atomic E-state index is 13.3. The Bertz CT molecular complexity index is 1250. The van der Waals surface area contributed by atoms with Gasteiger partial charge in [0, 0.05) is 11.4 Å². The number of halogens is 3.